The van der Waals surface area contributed by atoms with Crippen LogP contribution < -0.4 is 5.32 Å². The van der Waals surface area contributed by atoms with Crippen LogP contribution in [0.5, 0.6) is 0 Å². The molecule has 0 spiro atoms. The molecule has 0 atom stereocenters. The molecule has 0 bridgehead atoms. The number of nitrogens with zero attached hydrogens (tertiary/aromatic N) is 3. The first-order valence-corrected chi connectivity index (χ1v) is 5.41. The highest BCUT2D eigenvalue weighted by molar-refractivity contribution is 5.43. The van der Waals surface area contributed by atoms with Crippen LogP contribution in [-0.2, 0) is 0 Å². The number of aliphatic hydroxyl groups is 1. The number of hydrogen-bond donors (Lipinski definition) is 2. The predicted molar refractivity (Wildman–Crippen MR) is 62.3 cm³/mol. The second-order valence-corrected chi connectivity index (χ2v) is 4.57. The first kappa shape index (κ1) is 11.8. The van der Waals surface area contributed by atoms with Crippen LogP contribution in [0.3, 0.4) is 0 Å². The van der Waals surface area contributed by atoms with E-state index in [1.54, 1.807) is 6.07 Å². The van der Waals surface area contributed by atoms with E-state index in [2.05, 4.69) is 15.4 Å². The molecule has 0 aliphatic heterocycles. The molecule has 17 heavy (non-hydrogen) atoms. The first-order chi connectivity index (χ1) is 8.00. The van der Waals surface area contributed by atoms with Crippen LogP contribution in [0.25, 0.3) is 5.65 Å². The molecule has 0 fully saturated rings. The smallest absolute Gasteiger partial charge is 0.243 e. The fourth-order valence-corrected chi connectivity index (χ4v) is 1.56. The van der Waals surface area contributed by atoms with E-state index in [0.717, 1.165) is 0 Å². The number of aliphatic hydroxyl groups excluding tert-OH is 1. The maximum absolute atomic E-state index is 13.0. The summed E-state index contributed by atoms with van der Waals surface area (Å²) in [5.41, 5.74) is 0.270. The largest absolute Gasteiger partial charge is 0.396 e. The van der Waals surface area contributed by atoms with Gasteiger partial charge in [-0.2, -0.15) is 4.98 Å². The minimum atomic E-state index is -0.358. The van der Waals surface area contributed by atoms with Crippen molar-refractivity contribution in [2.75, 3.05) is 11.9 Å². The average molecular weight is 238 g/mol. The Bertz CT molecular complexity index is 523. The molecule has 0 aromatic carbocycles. The van der Waals surface area contributed by atoms with Gasteiger partial charge in [0.15, 0.2) is 5.65 Å². The van der Waals surface area contributed by atoms with Crippen LogP contribution in [-0.4, -0.2) is 31.9 Å². The van der Waals surface area contributed by atoms with Crippen molar-refractivity contribution in [3.8, 4) is 0 Å². The quantitative estimate of drug-likeness (QED) is 0.846. The molecule has 0 aliphatic carbocycles. The monoisotopic (exact) mass is 238 g/mol. The highest BCUT2D eigenvalue weighted by Crippen LogP contribution is 2.15. The summed E-state index contributed by atoms with van der Waals surface area (Å²) in [5.74, 6) is 0.0672. The highest BCUT2D eigenvalue weighted by atomic mass is 19.1. The molecule has 2 N–H and O–H groups in total. The van der Waals surface area contributed by atoms with Gasteiger partial charge in [-0.05, 0) is 32.4 Å². The molecular formula is C11H15FN4O. The summed E-state index contributed by atoms with van der Waals surface area (Å²) in [5, 5.41) is 16.1. The Morgan fingerprint density at radius 3 is 2.94 bits per heavy atom. The van der Waals surface area contributed by atoms with E-state index in [0.29, 0.717) is 18.0 Å². The van der Waals surface area contributed by atoms with Gasteiger partial charge in [0.05, 0.1) is 6.20 Å². The van der Waals surface area contributed by atoms with E-state index in [1.165, 1.54) is 16.8 Å². The lowest BCUT2D eigenvalue weighted by Crippen LogP contribution is -2.32. The third-order valence-corrected chi connectivity index (χ3v) is 2.48. The second kappa shape index (κ2) is 4.29. The molecule has 5 nitrogen and oxygen atoms in total. The van der Waals surface area contributed by atoms with Gasteiger partial charge in [-0.15, -0.1) is 5.10 Å². The molecule has 0 saturated carbocycles. The summed E-state index contributed by atoms with van der Waals surface area (Å²) < 4.78 is 14.3. The van der Waals surface area contributed by atoms with Gasteiger partial charge < -0.3 is 10.4 Å². The molecule has 0 radical (unpaired) electrons. The highest BCUT2D eigenvalue weighted by Gasteiger charge is 2.18. The molecule has 2 heterocycles. The van der Waals surface area contributed by atoms with Crippen molar-refractivity contribution >= 4 is 11.6 Å². The van der Waals surface area contributed by atoms with Crippen LogP contribution in [0.4, 0.5) is 10.3 Å². The van der Waals surface area contributed by atoms with Crippen molar-refractivity contribution in [1.82, 2.24) is 14.6 Å². The molecular weight excluding hydrogens is 223 g/mol. The van der Waals surface area contributed by atoms with E-state index in [-0.39, 0.29) is 18.0 Å². The van der Waals surface area contributed by atoms with Crippen molar-refractivity contribution < 1.29 is 9.50 Å². The summed E-state index contributed by atoms with van der Waals surface area (Å²) in [6.07, 6.45) is 1.85. The fourth-order valence-electron chi connectivity index (χ4n) is 1.56. The van der Waals surface area contributed by atoms with Gasteiger partial charge in [0.25, 0.3) is 0 Å². The minimum absolute atomic E-state index is 0.0853. The summed E-state index contributed by atoms with van der Waals surface area (Å²) >= 11 is 0. The fraction of sp³-hybridized carbons (Fsp3) is 0.455. The Hall–Kier alpha value is -1.69. The Kier molecular flexibility index (Phi) is 2.97. The number of anilines is 1. The Morgan fingerprint density at radius 2 is 2.24 bits per heavy atom. The molecule has 6 heteroatoms. The molecule has 0 saturated heterocycles. The van der Waals surface area contributed by atoms with Crippen LogP contribution in [0.2, 0.25) is 0 Å². The van der Waals surface area contributed by atoms with E-state index in [9.17, 15) is 4.39 Å². The van der Waals surface area contributed by atoms with Gasteiger partial charge >= 0.3 is 0 Å². The van der Waals surface area contributed by atoms with Crippen LogP contribution in [0, 0.1) is 5.82 Å². The topological polar surface area (TPSA) is 62.5 Å². The summed E-state index contributed by atoms with van der Waals surface area (Å²) in [7, 11) is 0. The molecule has 92 valence electrons. The summed E-state index contributed by atoms with van der Waals surface area (Å²) in [6, 6.07) is 2.90. The zero-order valence-corrected chi connectivity index (χ0v) is 9.81. The Morgan fingerprint density at radius 1 is 1.47 bits per heavy atom. The van der Waals surface area contributed by atoms with Crippen molar-refractivity contribution in [2.45, 2.75) is 25.8 Å². The Labute approximate surface area is 98.3 Å². The third-order valence-electron chi connectivity index (χ3n) is 2.48. The molecule has 0 unspecified atom stereocenters. The minimum Gasteiger partial charge on any atom is -0.396 e. The van der Waals surface area contributed by atoms with Gasteiger partial charge in [-0.3, -0.25) is 0 Å². The van der Waals surface area contributed by atoms with Crippen molar-refractivity contribution in [2.24, 2.45) is 0 Å². The van der Waals surface area contributed by atoms with Gasteiger partial charge in [0.2, 0.25) is 5.95 Å². The lowest BCUT2D eigenvalue weighted by Gasteiger charge is -2.24. The third kappa shape index (κ3) is 2.71. The van der Waals surface area contributed by atoms with Gasteiger partial charge in [-0.1, -0.05) is 0 Å². The van der Waals surface area contributed by atoms with Gasteiger partial charge in [-0.25, -0.2) is 8.91 Å². The van der Waals surface area contributed by atoms with Crippen molar-refractivity contribution in [3.63, 3.8) is 0 Å². The molecule has 2 aromatic rings. The van der Waals surface area contributed by atoms with Crippen LogP contribution in [0.15, 0.2) is 18.3 Å². The van der Waals surface area contributed by atoms with Gasteiger partial charge in [0.1, 0.15) is 5.82 Å². The molecule has 0 amide bonds. The first-order valence-electron chi connectivity index (χ1n) is 5.41. The summed E-state index contributed by atoms with van der Waals surface area (Å²) in [4.78, 5) is 4.21. The lowest BCUT2D eigenvalue weighted by atomic mass is 10.0. The molecule has 2 rings (SSSR count). The van der Waals surface area contributed by atoms with E-state index in [1.807, 2.05) is 13.8 Å². The number of hydrogen-bond acceptors (Lipinski definition) is 4. The average Bonchev–Trinajstić information content (AvgIpc) is 2.57. The normalized spacial score (nSPS) is 12.0. The van der Waals surface area contributed by atoms with Crippen LogP contribution in [0.1, 0.15) is 20.3 Å². The lowest BCUT2D eigenvalue weighted by molar-refractivity contribution is 0.260. The van der Waals surface area contributed by atoms with Gasteiger partial charge in [0, 0.05) is 12.1 Å². The number of nitrogens with one attached hydrogen (secondary N) is 1. The predicted octanol–water partition coefficient (Wildman–Crippen LogP) is 1.44. The zero-order chi connectivity index (χ0) is 12.5. The summed E-state index contributed by atoms with van der Waals surface area (Å²) in [6.45, 7) is 3.97. The van der Waals surface area contributed by atoms with E-state index >= 15 is 0 Å². The maximum Gasteiger partial charge on any atom is 0.243 e. The number of pyridine rings is 1. The van der Waals surface area contributed by atoms with E-state index < -0.39 is 0 Å². The second-order valence-electron chi connectivity index (χ2n) is 4.57. The maximum atomic E-state index is 13.0. The number of halogens is 1. The number of aromatic nitrogens is 3. The Balaban J connectivity index is 2.25. The zero-order valence-electron chi connectivity index (χ0n) is 9.81. The molecule has 2 aromatic heterocycles. The standard InChI is InChI=1S/C11H15FN4O/c1-11(2,5-6-17)14-10-13-9-4-3-8(12)7-16(9)15-10/h3-4,7,17H,5-6H2,1-2H3,(H,14,15). The van der Waals surface area contributed by atoms with Crippen molar-refractivity contribution in [1.29, 1.82) is 0 Å². The SMILES string of the molecule is CC(C)(CCO)Nc1nc2ccc(F)cn2n1. The van der Waals surface area contributed by atoms with E-state index in [4.69, 9.17) is 5.11 Å². The number of rotatable bonds is 4. The number of fused-ring (bicyclic) bond motifs is 1. The molecule has 0 aliphatic rings. The van der Waals surface area contributed by atoms with Crippen molar-refractivity contribution in [3.05, 3.63) is 24.1 Å². The van der Waals surface area contributed by atoms with Crippen LogP contribution >= 0.6 is 0 Å².